The summed E-state index contributed by atoms with van der Waals surface area (Å²) in [7, 11) is -5.86. The number of likely N-dealkylation sites (N-methyl/N-ethyl adjacent to an activating group) is 1. The Hall–Kier alpha value is -0.380. The molecule has 1 N–H and O–H groups in total. The minimum Gasteiger partial charge on any atom is -0.315 e. The van der Waals surface area contributed by atoms with E-state index >= 15 is 0 Å². The van der Waals surface area contributed by atoms with E-state index < -0.39 is 19.9 Å². The van der Waals surface area contributed by atoms with Crippen molar-refractivity contribution in [1.82, 2.24) is 9.62 Å². The van der Waals surface area contributed by atoms with Crippen LogP contribution in [0.25, 0.3) is 0 Å². The van der Waals surface area contributed by atoms with Gasteiger partial charge in [0.15, 0.2) is 9.84 Å². The summed E-state index contributed by atoms with van der Waals surface area (Å²) in [4.78, 5) is -0.245. The molecule has 0 aromatic heterocycles. The van der Waals surface area contributed by atoms with E-state index in [0.29, 0.717) is 13.0 Å². The molecule has 0 saturated carbocycles. The van der Waals surface area contributed by atoms with Gasteiger partial charge in [-0.3, -0.25) is 0 Å². The van der Waals surface area contributed by atoms with Gasteiger partial charge in [-0.15, -0.1) is 12.4 Å². The molecular weight excluding hydrogens is 371 g/mol. The molecule has 1 aromatic carbocycles. The number of sulfonamides is 1. The van der Waals surface area contributed by atoms with Gasteiger partial charge in [-0.05, 0) is 31.2 Å². The molecule has 0 bridgehead atoms. The average molecular weight is 389 g/mol. The Bertz CT molecular complexity index is 744. The summed E-state index contributed by atoms with van der Waals surface area (Å²) < 4.78 is 49.7. The Morgan fingerprint density at radius 2 is 1.91 bits per heavy atom. The minimum atomic E-state index is -3.84. The fraction of sp³-hybridized carbons (Fsp3) is 0.500. The van der Waals surface area contributed by atoms with Crippen LogP contribution >= 0.6 is 24.0 Å². The molecule has 2 rings (SSSR count). The third-order valence-electron chi connectivity index (χ3n) is 3.54. The first-order chi connectivity index (χ1) is 9.64. The van der Waals surface area contributed by atoms with E-state index in [1.54, 1.807) is 0 Å². The zero-order valence-electron chi connectivity index (χ0n) is 12.1. The zero-order valence-corrected chi connectivity index (χ0v) is 15.3. The highest BCUT2D eigenvalue weighted by Crippen LogP contribution is 2.28. The van der Waals surface area contributed by atoms with E-state index in [-0.39, 0.29) is 33.3 Å². The van der Waals surface area contributed by atoms with Crippen molar-refractivity contribution in [2.45, 2.75) is 22.3 Å². The van der Waals surface area contributed by atoms with Crippen LogP contribution in [0.1, 0.15) is 6.42 Å². The maximum Gasteiger partial charge on any atom is 0.244 e. The monoisotopic (exact) mass is 388 g/mol. The predicted octanol–water partition coefficient (Wildman–Crippen LogP) is 1.15. The van der Waals surface area contributed by atoms with Crippen molar-refractivity contribution >= 4 is 43.9 Å². The average Bonchev–Trinajstić information content (AvgIpc) is 2.90. The molecule has 6 nitrogen and oxygen atoms in total. The van der Waals surface area contributed by atoms with Gasteiger partial charge in [0, 0.05) is 25.9 Å². The lowest BCUT2D eigenvalue weighted by molar-refractivity contribution is 0.387. The first-order valence-electron chi connectivity index (χ1n) is 6.32. The second kappa shape index (κ2) is 7.02. The highest BCUT2D eigenvalue weighted by Gasteiger charge is 2.32. The largest absolute Gasteiger partial charge is 0.315 e. The molecule has 1 unspecified atom stereocenters. The molecule has 1 aromatic rings. The number of nitrogens with zero attached hydrogens (tertiary/aromatic N) is 1. The van der Waals surface area contributed by atoms with Crippen LogP contribution < -0.4 is 5.32 Å². The second-order valence-corrected chi connectivity index (χ2v) is 9.42. The van der Waals surface area contributed by atoms with Crippen LogP contribution in [0.15, 0.2) is 28.0 Å². The van der Waals surface area contributed by atoms with E-state index in [4.69, 9.17) is 11.6 Å². The Morgan fingerprint density at radius 3 is 2.41 bits per heavy atom. The van der Waals surface area contributed by atoms with E-state index in [1.165, 1.54) is 23.5 Å². The molecule has 1 atom stereocenters. The lowest BCUT2D eigenvalue weighted by Gasteiger charge is -2.23. The van der Waals surface area contributed by atoms with Gasteiger partial charge in [0.2, 0.25) is 10.0 Å². The predicted molar refractivity (Wildman–Crippen MR) is 88.0 cm³/mol. The van der Waals surface area contributed by atoms with Crippen molar-refractivity contribution in [2.24, 2.45) is 0 Å². The molecule has 10 heteroatoms. The van der Waals surface area contributed by atoms with Crippen LogP contribution in [0.5, 0.6) is 0 Å². The molecule has 0 aliphatic carbocycles. The zero-order chi connectivity index (χ0) is 15.8. The molecule has 0 radical (unpaired) electrons. The first-order valence-corrected chi connectivity index (χ1v) is 10.0. The molecule has 22 heavy (non-hydrogen) atoms. The van der Waals surface area contributed by atoms with Crippen LogP contribution in [-0.2, 0) is 19.9 Å². The Morgan fingerprint density at radius 1 is 1.27 bits per heavy atom. The maximum absolute atomic E-state index is 12.6. The lowest BCUT2D eigenvalue weighted by atomic mass is 10.3. The van der Waals surface area contributed by atoms with Gasteiger partial charge in [0.25, 0.3) is 0 Å². The summed E-state index contributed by atoms with van der Waals surface area (Å²) in [5.41, 5.74) is 0. The standard InChI is InChI=1S/C12H17ClN2O4S2.ClH/c1-15(9-5-6-14-8-9)21(18,19)12-7-10(20(2,16)17)3-4-11(12)13;/h3-4,7,9,14H,5-6,8H2,1-2H3;1H. The van der Waals surface area contributed by atoms with Crippen LogP contribution in [0.3, 0.4) is 0 Å². The SMILES string of the molecule is CN(C1CCNC1)S(=O)(=O)c1cc(S(C)(=O)=O)ccc1Cl.Cl. The van der Waals surface area contributed by atoms with Gasteiger partial charge in [0.1, 0.15) is 4.90 Å². The fourth-order valence-corrected chi connectivity index (χ4v) is 4.82. The van der Waals surface area contributed by atoms with Crippen LogP contribution in [-0.4, -0.2) is 53.6 Å². The first kappa shape index (κ1) is 19.7. The molecule has 126 valence electrons. The Kier molecular flexibility index (Phi) is 6.28. The van der Waals surface area contributed by atoms with Gasteiger partial charge in [0.05, 0.1) is 9.92 Å². The van der Waals surface area contributed by atoms with Crippen molar-refractivity contribution in [3.05, 3.63) is 23.2 Å². The van der Waals surface area contributed by atoms with Crippen molar-refractivity contribution in [3.8, 4) is 0 Å². The Balaban J connectivity index is 0.00000242. The highest BCUT2D eigenvalue weighted by atomic mass is 35.5. The smallest absolute Gasteiger partial charge is 0.244 e. The summed E-state index contributed by atoms with van der Waals surface area (Å²) in [6.07, 6.45) is 1.73. The molecule has 1 heterocycles. The minimum absolute atomic E-state index is 0. The van der Waals surface area contributed by atoms with E-state index in [0.717, 1.165) is 18.9 Å². The second-order valence-electron chi connectivity index (χ2n) is 5.03. The number of hydrogen-bond donors (Lipinski definition) is 1. The maximum atomic E-state index is 12.6. The topological polar surface area (TPSA) is 83.6 Å². The molecule has 1 aliphatic heterocycles. The van der Waals surface area contributed by atoms with Crippen molar-refractivity contribution in [1.29, 1.82) is 0 Å². The fourth-order valence-electron chi connectivity index (χ4n) is 2.21. The molecule has 0 spiro atoms. The summed E-state index contributed by atoms with van der Waals surface area (Å²) >= 11 is 5.97. The number of nitrogens with one attached hydrogen (secondary N) is 1. The molecule has 1 fully saturated rings. The van der Waals surface area contributed by atoms with Gasteiger partial charge < -0.3 is 5.32 Å². The van der Waals surface area contributed by atoms with Crippen LogP contribution in [0.4, 0.5) is 0 Å². The van der Waals surface area contributed by atoms with E-state index in [1.807, 2.05) is 0 Å². The molecule has 1 aliphatic rings. The quantitative estimate of drug-likeness (QED) is 0.835. The summed E-state index contributed by atoms with van der Waals surface area (Å²) in [5, 5.41) is 3.11. The van der Waals surface area contributed by atoms with Gasteiger partial charge in [-0.1, -0.05) is 11.6 Å². The number of benzene rings is 1. The van der Waals surface area contributed by atoms with Crippen LogP contribution in [0.2, 0.25) is 5.02 Å². The van der Waals surface area contributed by atoms with E-state index in [9.17, 15) is 16.8 Å². The van der Waals surface area contributed by atoms with Gasteiger partial charge in [-0.2, -0.15) is 4.31 Å². The molecular formula is C12H18Cl2N2O4S2. The van der Waals surface area contributed by atoms with Crippen molar-refractivity contribution < 1.29 is 16.8 Å². The van der Waals surface area contributed by atoms with Gasteiger partial charge in [-0.25, -0.2) is 16.8 Å². The third kappa shape index (κ3) is 3.93. The number of rotatable bonds is 4. The highest BCUT2D eigenvalue weighted by molar-refractivity contribution is 7.91. The summed E-state index contributed by atoms with van der Waals surface area (Å²) in [6.45, 7) is 1.32. The third-order valence-corrected chi connectivity index (χ3v) is 7.04. The summed E-state index contributed by atoms with van der Waals surface area (Å²) in [6, 6.07) is 3.55. The molecule has 0 amide bonds. The Labute approximate surface area is 142 Å². The number of sulfone groups is 1. The van der Waals surface area contributed by atoms with Crippen LogP contribution in [0, 0.1) is 0 Å². The molecule has 1 saturated heterocycles. The van der Waals surface area contributed by atoms with Crippen molar-refractivity contribution in [3.63, 3.8) is 0 Å². The lowest BCUT2D eigenvalue weighted by Crippen LogP contribution is -2.38. The summed E-state index contributed by atoms with van der Waals surface area (Å²) in [5.74, 6) is 0. The number of hydrogen-bond acceptors (Lipinski definition) is 5. The normalized spacial score (nSPS) is 19.2. The van der Waals surface area contributed by atoms with Crippen molar-refractivity contribution in [2.75, 3.05) is 26.4 Å². The van der Waals surface area contributed by atoms with Gasteiger partial charge >= 0.3 is 0 Å². The number of halogens is 2. The van der Waals surface area contributed by atoms with E-state index in [2.05, 4.69) is 5.32 Å².